The fourth-order valence-corrected chi connectivity index (χ4v) is 2.98. The van der Waals surface area contributed by atoms with E-state index in [1.807, 2.05) is 6.20 Å². The fraction of sp³-hybridized carbons (Fsp3) is 0.385. The van der Waals surface area contributed by atoms with Crippen LogP contribution in [0.25, 0.3) is 10.9 Å². The highest BCUT2D eigenvalue weighted by Crippen LogP contribution is 2.33. The van der Waals surface area contributed by atoms with Crippen molar-refractivity contribution in [3.8, 4) is 0 Å². The van der Waals surface area contributed by atoms with Crippen molar-refractivity contribution in [3.63, 3.8) is 0 Å². The Morgan fingerprint density at radius 1 is 1.44 bits per heavy atom. The molecule has 2 nitrogen and oxygen atoms in total. The Kier molecular flexibility index (Phi) is 2.41. The summed E-state index contributed by atoms with van der Waals surface area (Å²) in [5.74, 6) is 0. The van der Waals surface area contributed by atoms with Crippen LogP contribution in [0.15, 0.2) is 24.4 Å². The van der Waals surface area contributed by atoms with Gasteiger partial charge in [0.25, 0.3) is 0 Å². The third-order valence-electron chi connectivity index (χ3n) is 3.42. The van der Waals surface area contributed by atoms with Gasteiger partial charge in [0.1, 0.15) is 0 Å². The lowest BCUT2D eigenvalue weighted by molar-refractivity contribution is 0.649. The van der Waals surface area contributed by atoms with Crippen molar-refractivity contribution in [2.45, 2.75) is 18.9 Å². The Morgan fingerprint density at radius 3 is 3.06 bits per heavy atom. The van der Waals surface area contributed by atoms with Crippen LogP contribution in [0.1, 0.15) is 24.4 Å². The number of aryl methyl sites for hydroxylation is 1. The molecule has 1 aliphatic heterocycles. The molecule has 1 aromatic heterocycles. The molecule has 1 saturated heterocycles. The molecule has 1 atom stereocenters. The first-order valence-electron chi connectivity index (χ1n) is 5.74. The molecule has 1 aromatic carbocycles. The fourth-order valence-electron chi connectivity index (χ4n) is 2.68. The predicted octanol–water partition coefficient (Wildman–Crippen LogP) is 3.26. The molecule has 2 aromatic rings. The Morgan fingerprint density at radius 2 is 2.31 bits per heavy atom. The van der Waals surface area contributed by atoms with Gasteiger partial charge in [-0.25, -0.2) is 0 Å². The third-order valence-corrected chi connectivity index (χ3v) is 3.72. The maximum Gasteiger partial charge on any atom is 0.0661 e. The summed E-state index contributed by atoms with van der Waals surface area (Å²) < 4.78 is 2.13. The molecule has 2 heterocycles. The van der Waals surface area contributed by atoms with Crippen LogP contribution in [-0.2, 0) is 7.05 Å². The van der Waals surface area contributed by atoms with Gasteiger partial charge >= 0.3 is 0 Å². The highest BCUT2D eigenvalue weighted by molar-refractivity contribution is 6.35. The highest BCUT2D eigenvalue weighted by atomic mass is 35.5. The van der Waals surface area contributed by atoms with Gasteiger partial charge in [-0.2, -0.15) is 0 Å². The third kappa shape index (κ3) is 1.45. The normalized spacial score (nSPS) is 20.8. The number of para-hydroxylation sites is 1. The molecule has 1 aliphatic rings. The summed E-state index contributed by atoms with van der Waals surface area (Å²) in [6.07, 6.45) is 4.48. The molecule has 0 saturated carbocycles. The van der Waals surface area contributed by atoms with E-state index in [0.717, 1.165) is 17.0 Å². The number of benzene rings is 1. The largest absolute Gasteiger partial charge is 0.349 e. The van der Waals surface area contributed by atoms with Crippen molar-refractivity contribution >= 4 is 22.5 Å². The van der Waals surface area contributed by atoms with E-state index < -0.39 is 0 Å². The van der Waals surface area contributed by atoms with Crippen molar-refractivity contribution in [1.29, 1.82) is 0 Å². The van der Waals surface area contributed by atoms with E-state index in [9.17, 15) is 0 Å². The summed E-state index contributed by atoms with van der Waals surface area (Å²) >= 11 is 6.22. The monoisotopic (exact) mass is 234 g/mol. The van der Waals surface area contributed by atoms with Gasteiger partial charge in [-0.3, -0.25) is 0 Å². The molecular formula is C13H15ClN2. The van der Waals surface area contributed by atoms with Crippen LogP contribution in [-0.4, -0.2) is 11.1 Å². The number of hydrogen-bond acceptors (Lipinski definition) is 1. The van der Waals surface area contributed by atoms with Gasteiger partial charge in [0.2, 0.25) is 0 Å². The second-order valence-corrected chi connectivity index (χ2v) is 4.89. The van der Waals surface area contributed by atoms with Gasteiger partial charge in [0, 0.05) is 24.7 Å². The minimum absolute atomic E-state index is 0.494. The topological polar surface area (TPSA) is 17.0 Å². The van der Waals surface area contributed by atoms with Gasteiger partial charge in [0.05, 0.1) is 10.5 Å². The number of aromatic nitrogens is 1. The maximum atomic E-state index is 6.22. The standard InChI is InChI=1S/C13H15ClN2/c1-16-8-11(14)9-4-2-5-10(13(9)16)12-6-3-7-15-12/h2,4-5,8,12,15H,3,6-7H2,1H3. The molecule has 3 heteroatoms. The number of hydrogen-bond donors (Lipinski definition) is 1. The van der Waals surface area contributed by atoms with Crippen LogP contribution in [0.3, 0.4) is 0 Å². The zero-order valence-corrected chi connectivity index (χ0v) is 10.1. The second-order valence-electron chi connectivity index (χ2n) is 4.48. The molecule has 3 rings (SSSR count). The first-order valence-corrected chi connectivity index (χ1v) is 6.12. The Labute approximate surface area is 100 Å². The lowest BCUT2D eigenvalue weighted by Gasteiger charge is -2.13. The van der Waals surface area contributed by atoms with E-state index in [2.05, 4.69) is 35.1 Å². The van der Waals surface area contributed by atoms with Crippen molar-refractivity contribution in [2.75, 3.05) is 6.54 Å². The summed E-state index contributed by atoms with van der Waals surface area (Å²) in [7, 11) is 2.06. The quantitative estimate of drug-likeness (QED) is 0.802. The Balaban J connectivity index is 2.23. The van der Waals surface area contributed by atoms with Crippen LogP contribution in [0.5, 0.6) is 0 Å². The van der Waals surface area contributed by atoms with Crippen LogP contribution >= 0.6 is 11.6 Å². The van der Waals surface area contributed by atoms with E-state index >= 15 is 0 Å². The van der Waals surface area contributed by atoms with Crippen molar-refractivity contribution < 1.29 is 0 Å². The number of fused-ring (bicyclic) bond motifs is 1. The van der Waals surface area contributed by atoms with Crippen LogP contribution in [0.4, 0.5) is 0 Å². The average Bonchev–Trinajstić information content (AvgIpc) is 2.88. The molecule has 0 amide bonds. The molecule has 0 spiro atoms. The molecular weight excluding hydrogens is 220 g/mol. The molecule has 0 bridgehead atoms. The van der Waals surface area contributed by atoms with Gasteiger partial charge in [-0.15, -0.1) is 0 Å². The summed E-state index contributed by atoms with van der Waals surface area (Å²) in [5.41, 5.74) is 2.65. The van der Waals surface area contributed by atoms with Gasteiger partial charge in [-0.05, 0) is 24.9 Å². The van der Waals surface area contributed by atoms with E-state index in [4.69, 9.17) is 11.6 Å². The molecule has 1 fully saturated rings. The van der Waals surface area contributed by atoms with Gasteiger partial charge in [0.15, 0.2) is 0 Å². The molecule has 1 N–H and O–H groups in total. The molecule has 1 unspecified atom stereocenters. The minimum atomic E-state index is 0.494. The van der Waals surface area contributed by atoms with Crippen molar-refractivity contribution in [1.82, 2.24) is 9.88 Å². The van der Waals surface area contributed by atoms with Crippen LogP contribution in [0, 0.1) is 0 Å². The van der Waals surface area contributed by atoms with Gasteiger partial charge in [-0.1, -0.05) is 29.8 Å². The highest BCUT2D eigenvalue weighted by Gasteiger charge is 2.20. The number of nitrogens with one attached hydrogen (secondary N) is 1. The Hall–Kier alpha value is -0.990. The van der Waals surface area contributed by atoms with E-state index in [-0.39, 0.29) is 0 Å². The predicted molar refractivity (Wildman–Crippen MR) is 67.9 cm³/mol. The van der Waals surface area contributed by atoms with Crippen LogP contribution < -0.4 is 5.32 Å². The van der Waals surface area contributed by atoms with E-state index in [1.165, 1.54) is 23.9 Å². The average molecular weight is 235 g/mol. The van der Waals surface area contributed by atoms with Crippen LogP contribution in [0.2, 0.25) is 5.02 Å². The maximum absolute atomic E-state index is 6.22. The summed E-state index contributed by atoms with van der Waals surface area (Å²) in [5, 5.41) is 5.55. The minimum Gasteiger partial charge on any atom is -0.349 e. The molecule has 0 aliphatic carbocycles. The lowest BCUT2D eigenvalue weighted by atomic mass is 10.0. The summed E-state index contributed by atoms with van der Waals surface area (Å²) in [6.45, 7) is 1.12. The van der Waals surface area contributed by atoms with E-state index in [1.54, 1.807) is 0 Å². The molecule has 16 heavy (non-hydrogen) atoms. The molecule has 0 radical (unpaired) electrons. The number of rotatable bonds is 1. The smallest absolute Gasteiger partial charge is 0.0661 e. The molecule has 84 valence electrons. The zero-order chi connectivity index (χ0) is 11.1. The summed E-state index contributed by atoms with van der Waals surface area (Å²) in [6, 6.07) is 6.90. The van der Waals surface area contributed by atoms with Crippen molar-refractivity contribution in [2.24, 2.45) is 7.05 Å². The SMILES string of the molecule is Cn1cc(Cl)c2cccc(C3CCCN3)c21. The van der Waals surface area contributed by atoms with E-state index in [0.29, 0.717) is 6.04 Å². The zero-order valence-electron chi connectivity index (χ0n) is 9.33. The first kappa shape index (κ1) is 10.2. The second kappa shape index (κ2) is 3.79. The summed E-state index contributed by atoms with van der Waals surface area (Å²) in [4.78, 5) is 0. The lowest BCUT2D eigenvalue weighted by Crippen LogP contribution is -2.13. The van der Waals surface area contributed by atoms with Gasteiger partial charge < -0.3 is 9.88 Å². The number of nitrogens with zero attached hydrogens (tertiary/aromatic N) is 1. The Bertz CT molecular complexity index is 524. The number of halogens is 1. The first-order chi connectivity index (χ1) is 7.77. The van der Waals surface area contributed by atoms with Crippen molar-refractivity contribution in [3.05, 3.63) is 35.0 Å².